The number of rotatable bonds is 3. The SMILES string of the molecule is O=C(Cc1ccc2c(c1)OCO2)N1CCC[C@H]1c1ccccn1. The van der Waals surface area contributed by atoms with Crippen LogP contribution in [0.25, 0.3) is 0 Å². The number of ether oxygens (including phenoxy) is 2. The van der Waals surface area contributed by atoms with Crippen molar-refractivity contribution in [2.45, 2.75) is 25.3 Å². The second kappa shape index (κ2) is 5.91. The highest BCUT2D eigenvalue weighted by atomic mass is 16.7. The van der Waals surface area contributed by atoms with Crippen molar-refractivity contribution in [3.05, 3.63) is 53.9 Å². The van der Waals surface area contributed by atoms with E-state index in [0.29, 0.717) is 6.42 Å². The third-order valence-corrected chi connectivity index (χ3v) is 4.39. The number of pyridine rings is 1. The van der Waals surface area contributed by atoms with E-state index in [4.69, 9.17) is 9.47 Å². The van der Waals surface area contributed by atoms with Gasteiger partial charge in [-0.1, -0.05) is 12.1 Å². The molecule has 0 saturated carbocycles. The zero-order chi connectivity index (χ0) is 15.6. The molecule has 1 aromatic carbocycles. The van der Waals surface area contributed by atoms with Gasteiger partial charge >= 0.3 is 0 Å². The van der Waals surface area contributed by atoms with Crippen molar-refractivity contribution in [3.63, 3.8) is 0 Å². The molecule has 2 aliphatic rings. The van der Waals surface area contributed by atoms with E-state index in [2.05, 4.69) is 4.98 Å². The molecule has 2 aliphatic heterocycles. The minimum atomic E-state index is 0.0951. The summed E-state index contributed by atoms with van der Waals surface area (Å²) >= 11 is 0. The zero-order valence-electron chi connectivity index (χ0n) is 12.8. The van der Waals surface area contributed by atoms with Gasteiger partial charge in [-0.3, -0.25) is 9.78 Å². The number of carbonyl (C=O) groups excluding carboxylic acids is 1. The summed E-state index contributed by atoms with van der Waals surface area (Å²) in [7, 11) is 0. The molecule has 5 heteroatoms. The summed E-state index contributed by atoms with van der Waals surface area (Å²) in [5.41, 5.74) is 1.93. The Morgan fingerprint density at radius 1 is 1.22 bits per heavy atom. The Morgan fingerprint density at radius 2 is 2.13 bits per heavy atom. The number of aromatic nitrogens is 1. The van der Waals surface area contributed by atoms with E-state index >= 15 is 0 Å². The summed E-state index contributed by atoms with van der Waals surface area (Å²) in [6.45, 7) is 1.05. The van der Waals surface area contributed by atoms with Crippen molar-refractivity contribution in [2.75, 3.05) is 13.3 Å². The molecule has 0 bridgehead atoms. The van der Waals surface area contributed by atoms with Gasteiger partial charge in [-0.15, -0.1) is 0 Å². The summed E-state index contributed by atoms with van der Waals surface area (Å²) in [6.07, 6.45) is 4.16. The van der Waals surface area contributed by atoms with Crippen LogP contribution in [0.15, 0.2) is 42.6 Å². The molecule has 0 aliphatic carbocycles. The molecule has 0 unspecified atom stereocenters. The predicted octanol–water partition coefficient (Wildman–Crippen LogP) is 2.72. The first kappa shape index (κ1) is 14.1. The predicted molar refractivity (Wildman–Crippen MR) is 84.2 cm³/mol. The fraction of sp³-hybridized carbons (Fsp3) is 0.333. The lowest BCUT2D eigenvalue weighted by atomic mass is 10.1. The van der Waals surface area contributed by atoms with Crippen LogP contribution < -0.4 is 9.47 Å². The van der Waals surface area contributed by atoms with Gasteiger partial charge in [0.1, 0.15) is 0 Å². The summed E-state index contributed by atoms with van der Waals surface area (Å²) in [5, 5.41) is 0. The molecule has 1 amide bonds. The minimum absolute atomic E-state index is 0.0951. The Bertz CT molecular complexity index is 717. The largest absolute Gasteiger partial charge is 0.454 e. The van der Waals surface area contributed by atoms with E-state index in [1.54, 1.807) is 6.20 Å². The van der Waals surface area contributed by atoms with Gasteiger partial charge in [0.15, 0.2) is 11.5 Å². The fourth-order valence-electron chi connectivity index (χ4n) is 3.27. The molecule has 1 saturated heterocycles. The zero-order valence-corrected chi connectivity index (χ0v) is 12.8. The van der Waals surface area contributed by atoms with Gasteiger partial charge in [0, 0.05) is 12.7 Å². The minimum Gasteiger partial charge on any atom is -0.454 e. The lowest BCUT2D eigenvalue weighted by Gasteiger charge is -2.24. The molecule has 1 atom stereocenters. The van der Waals surface area contributed by atoms with Crippen molar-refractivity contribution in [1.29, 1.82) is 0 Å². The summed E-state index contributed by atoms with van der Waals surface area (Å²) in [5.74, 6) is 1.60. The number of nitrogens with zero attached hydrogens (tertiary/aromatic N) is 2. The highest BCUT2D eigenvalue weighted by molar-refractivity contribution is 5.79. The van der Waals surface area contributed by atoms with E-state index in [0.717, 1.165) is 42.1 Å². The molecule has 5 nitrogen and oxygen atoms in total. The van der Waals surface area contributed by atoms with E-state index < -0.39 is 0 Å². The van der Waals surface area contributed by atoms with Crippen LogP contribution in [0.5, 0.6) is 11.5 Å². The maximum absolute atomic E-state index is 12.7. The van der Waals surface area contributed by atoms with Gasteiger partial charge in [-0.25, -0.2) is 0 Å². The third kappa shape index (κ3) is 2.74. The van der Waals surface area contributed by atoms with Crippen LogP contribution in [-0.2, 0) is 11.2 Å². The number of benzene rings is 1. The van der Waals surface area contributed by atoms with Gasteiger partial charge in [-0.2, -0.15) is 0 Å². The lowest BCUT2D eigenvalue weighted by Crippen LogP contribution is -2.32. The van der Waals surface area contributed by atoms with Crippen LogP contribution in [0.3, 0.4) is 0 Å². The lowest BCUT2D eigenvalue weighted by molar-refractivity contribution is -0.131. The van der Waals surface area contributed by atoms with Crippen LogP contribution in [-0.4, -0.2) is 29.1 Å². The van der Waals surface area contributed by atoms with Crippen molar-refractivity contribution >= 4 is 5.91 Å². The molecule has 0 spiro atoms. The van der Waals surface area contributed by atoms with E-state index in [1.807, 2.05) is 41.3 Å². The Labute approximate surface area is 134 Å². The van der Waals surface area contributed by atoms with Crippen molar-refractivity contribution in [2.24, 2.45) is 0 Å². The first-order chi connectivity index (χ1) is 11.3. The number of hydrogen-bond donors (Lipinski definition) is 0. The van der Waals surface area contributed by atoms with E-state index in [-0.39, 0.29) is 18.7 Å². The van der Waals surface area contributed by atoms with Gasteiger partial charge in [0.2, 0.25) is 12.7 Å². The Kier molecular flexibility index (Phi) is 3.61. The maximum Gasteiger partial charge on any atom is 0.231 e. The average Bonchev–Trinajstić information content (AvgIpc) is 3.24. The topological polar surface area (TPSA) is 51.7 Å². The van der Waals surface area contributed by atoms with Crippen LogP contribution in [0, 0.1) is 0 Å². The average molecular weight is 310 g/mol. The molecule has 1 fully saturated rings. The molecule has 0 N–H and O–H groups in total. The van der Waals surface area contributed by atoms with Crippen LogP contribution in [0.4, 0.5) is 0 Å². The van der Waals surface area contributed by atoms with Gasteiger partial charge in [0.05, 0.1) is 18.2 Å². The van der Waals surface area contributed by atoms with Crippen LogP contribution in [0.2, 0.25) is 0 Å². The summed E-state index contributed by atoms with van der Waals surface area (Å²) in [4.78, 5) is 19.1. The quantitative estimate of drug-likeness (QED) is 0.874. The van der Waals surface area contributed by atoms with Crippen molar-refractivity contribution in [1.82, 2.24) is 9.88 Å². The number of likely N-dealkylation sites (tertiary alicyclic amines) is 1. The molecule has 0 radical (unpaired) electrons. The first-order valence-electron chi connectivity index (χ1n) is 7.90. The number of fused-ring (bicyclic) bond motifs is 1. The molecule has 118 valence electrons. The standard InChI is InChI=1S/C18H18N2O3/c21-18(11-13-6-7-16-17(10-13)23-12-22-16)20-9-3-5-15(20)14-4-1-2-8-19-14/h1-2,4,6-8,10,15H,3,5,9,11-12H2/t15-/m0/s1. The maximum atomic E-state index is 12.7. The van der Waals surface area contributed by atoms with Gasteiger partial charge in [0.25, 0.3) is 0 Å². The molecule has 2 aromatic rings. The summed E-state index contributed by atoms with van der Waals surface area (Å²) in [6, 6.07) is 11.7. The van der Waals surface area contributed by atoms with Gasteiger partial charge in [-0.05, 0) is 42.7 Å². The van der Waals surface area contributed by atoms with Crippen LogP contribution >= 0.6 is 0 Å². The fourth-order valence-corrected chi connectivity index (χ4v) is 3.27. The smallest absolute Gasteiger partial charge is 0.231 e. The Morgan fingerprint density at radius 3 is 3.00 bits per heavy atom. The third-order valence-electron chi connectivity index (χ3n) is 4.39. The molecule has 4 rings (SSSR count). The highest BCUT2D eigenvalue weighted by Crippen LogP contribution is 2.34. The van der Waals surface area contributed by atoms with E-state index in [9.17, 15) is 4.79 Å². The van der Waals surface area contributed by atoms with Gasteiger partial charge < -0.3 is 14.4 Å². The molecule has 23 heavy (non-hydrogen) atoms. The van der Waals surface area contributed by atoms with Crippen molar-refractivity contribution < 1.29 is 14.3 Å². The first-order valence-corrected chi connectivity index (χ1v) is 7.90. The second-order valence-electron chi connectivity index (χ2n) is 5.86. The Hall–Kier alpha value is -2.56. The molecule has 1 aromatic heterocycles. The normalized spacial score (nSPS) is 19.1. The molecule has 3 heterocycles. The Balaban J connectivity index is 1.50. The van der Waals surface area contributed by atoms with Crippen LogP contribution in [0.1, 0.15) is 30.1 Å². The van der Waals surface area contributed by atoms with Crippen molar-refractivity contribution in [3.8, 4) is 11.5 Å². The second-order valence-corrected chi connectivity index (χ2v) is 5.86. The number of carbonyl (C=O) groups is 1. The molecular formula is C18H18N2O3. The van der Waals surface area contributed by atoms with E-state index in [1.165, 1.54) is 0 Å². The highest BCUT2D eigenvalue weighted by Gasteiger charge is 2.30. The monoisotopic (exact) mass is 310 g/mol. The summed E-state index contributed by atoms with van der Waals surface area (Å²) < 4.78 is 10.7. The number of hydrogen-bond acceptors (Lipinski definition) is 4. The number of amides is 1. The molecular weight excluding hydrogens is 292 g/mol.